The zero-order valence-electron chi connectivity index (χ0n) is 8.23. The predicted molar refractivity (Wildman–Crippen MR) is 65.5 cm³/mol. The third-order valence-corrected chi connectivity index (χ3v) is 3.32. The molecule has 0 saturated carbocycles. The van der Waals surface area contributed by atoms with Crippen molar-refractivity contribution < 1.29 is 4.74 Å². The Balaban J connectivity index is 2.08. The van der Waals surface area contributed by atoms with Crippen LogP contribution >= 0.6 is 27.5 Å². The van der Waals surface area contributed by atoms with E-state index in [1.54, 1.807) is 18.5 Å². The van der Waals surface area contributed by atoms with Gasteiger partial charge in [0, 0.05) is 11.8 Å². The molecule has 1 aromatic heterocycles. The van der Waals surface area contributed by atoms with Gasteiger partial charge in [-0.1, -0.05) is 17.7 Å². The number of hydrogen-bond acceptors (Lipinski definition) is 3. The molecule has 0 saturated heterocycles. The molecule has 0 aliphatic heterocycles. The van der Waals surface area contributed by atoms with Gasteiger partial charge in [-0.15, -0.1) is 0 Å². The first kappa shape index (κ1) is 11.4. The second kappa shape index (κ2) is 5.27. The van der Waals surface area contributed by atoms with Crippen molar-refractivity contribution in [1.29, 1.82) is 0 Å². The van der Waals surface area contributed by atoms with Crippen molar-refractivity contribution in [2.45, 2.75) is 6.61 Å². The minimum atomic E-state index is 0.439. The highest BCUT2D eigenvalue weighted by Gasteiger charge is 2.04. The average molecular weight is 300 g/mol. The molecule has 2 rings (SSSR count). The summed E-state index contributed by atoms with van der Waals surface area (Å²) in [6, 6.07) is 7.34. The Morgan fingerprint density at radius 2 is 2.12 bits per heavy atom. The zero-order valence-corrected chi connectivity index (χ0v) is 10.6. The normalized spacial score (nSPS) is 10.1. The molecule has 0 atom stereocenters. The quantitative estimate of drug-likeness (QED) is 0.870. The molecule has 82 valence electrons. The average Bonchev–Trinajstić information content (AvgIpc) is 2.32. The Morgan fingerprint density at radius 1 is 1.25 bits per heavy atom. The lowest BCUT2D eigenvalue weighted by Gasteiger charge is -2.08. The number of nitrogens with zero attached hydrogens (tertiary/aromatic N) is 2. The van der Waals surface area contributed by atoms with E-state index in [-0.39, 0.29) is 0 Å². The summed E-state index contributed by atoms with van der Waals surface area (Å²) in [6.45, 7) is 0.439. The summed E-state index contributed by atoms with van der Waals surface area (Å²) in [6.07, 6.45) is 3.30. The van der Waals surface area contributed by atoms with E-state index >= 15 is 0 Å². The highest BCUT2D eigenvalue weighted by Crippen LogP contribution is 2.32. The van der Waals surface area contributed by atoms with Gasteiger partial charge in [0.15, 0.2) is 0 Å². The van der Waals surface area contributed by atoms with Crippen LogP contribution in [0.2, 0.25) is 5.02 Å². The van der Waals surface area contributed by atoms with Gasteiger partial charge >= 0.3 is 0 Å². The molecule has 0 radical (unpaired) electrons. The molecule has 0 spiro atoms. The van der Waals surface area contributed by atoms with Crippen molar-refractivity contribution in [3.63, 3.8) is 0 Å². The van der Waals surface area contributed by atoms with Gasteiger partial charge in [-0.25, -0.2) is 0 Å². The van der Waals surface area contributed by atoms with Crippen LogP contribution in [-0.2, 0) is 6.61 Å². The Labute approximate surface area is 107 Å². The van der Waals surface area contributed by atoms with Crippen LogP contribution in [0.15, 0.2) is 41.1 Å². The highest BCUT2D eigenvalue weighted by molar-refractivity contribution is 9.10. The second-order valence-electron chi connectivity index (χ2n) is 3.09. The van der Waals surface area contributed by atoms with Crippen molar-refractivity contribution in [2.75, 3.05) is 0 Å². The molecule has 0 aliphatic carbocycles. The van der Waals surface area contributed by atoms with Gasteiger partial charge in [0.1, 0.15) is 12.4 Å². The maximum Gasteiger partial charge on any atom is 0.135 e. The lowest BCUT2D eigenvalue weighted by atomic mass is 10.3. The molecule has 3 nitrogen and oxygen atoms in total. The molecule has 0 fully saturated rings. The molecule has 0 amide bonds. The second-order valence-corrected chi connectivity index (χ2v) is 4.29. The van der Waals surface area contributed by atoms with Crippen LogP contribution < -0.4 is 4.74 Å². The maximum atomic E-state index is 5.95. The maximum absolute atomic E-state index is 5.95. The smallest absolute Gasteiger partial charge is 0.135 e. The topological polar surface area (TPSA) is 35.0 Å². The van der Waals surface area contributed by atoms with E-state index in [0.717, 1.165) is 10.0 Å². The molecule has 2 aromatic rings. The summed E-state index contributed by atoms with van der Waals surface area (Å²) in [5.74, 6) is 0.712. The van der Waals surface area contributed by atoms with Gasteiger partial charge in [-0.3, -0.25) is 0 Å². The molecule has 5 heteroatoms. The van der Waals surface area contributed by atoms with Crippen LogP contribution in [0.1, 0.15) is 5.56 Å². The molecular weight excluding hydrogens is 291 g/mol. The van der Waals surface area contributed by atoms with Gasteiger partial charge < -0.3 is 4.74 Å². The van der Waals surface area contributed by atoms with Crippen LogP contribution in [-0.4, -0.2) is 10.2 Å². The minimum absolute atomic E-state index is 0.439. The Morgan fingerprint density at radius 3 is 2.88 bits per heavy atom. The first-order valence-electron chi connectivity index (χ1n) is 4.60. The van der Waals surface area contributed by atoms with Gasteiger partial charge in [0.2, 0.25) is 0 Å². The van der Waals surface area contributed by atoms with Gasteiger partial charge in [0.05, 0.1) is 15.7 Å². The van der Waals surface area contributed by atoms with E-state index in [4.69, 9.17) is 16.3 Å². The molecule has 0 N–H and O–H groups in total. The molecule has 1 aromatic carbocycles. The van der Waals surface area contributed by atoms with Crippen LogP contribution in [0, 0.1) is 0 Å². The lowest BCUT2D eigenvalue weighted by Crippen LogP contribution is -1.97. The fourth-order valence-corrected chi connectivity index (χ4v) is 1.70. The van der Waals surface area contributed by atoms with Crippen molar-refractivity contribution in [3.05, 3.63) is 51.7 Å². The van der Waals surface area contributed by atoms with Crippen LogP contribution in [0.25, 0.3) is 0 Å². The minimum Gasteiger partial charge on any atom is -0.488 e. The van der Waals surface area contributed by atoms with Crippen molar-refractivity contribution >= 4 is 27.5 Å². The van der Waals surface area contributed by atoms with Crippen LogP contribution in [0.3, 0.4) is 0 Å². The number of hydrogen-bond donors (Lipinski definition) is 0. The monoisotopic (exact) mass is 298 g/mol. The van der Waals surface area contributed by atoms with E-state index in [0.29, 0.717) is 17.4 Å². The Kier molecular flexibility index (Phi) is 3.74. The first-order valence-corrected chi connectivity index (χ1v) is 5.77. The summed E-state index contributed by atoms with van der Waals surface area (Å²) < 4.78 is 6.37. The molecule has 0 unspecified atom stereocenters. The number of benzene rings is 1. The van der Waals surface area contributed by atoms with Crippen molar-refractivity contribution in [2.24, 2.45) is 0 Å². The fourth-order valence-electron chi connectivity index (χ4n) is 1.16. The van der Waals surface area contributed by atoms with E-state index < -0.39 is 0 Å². The highest BCUT2D eigenvalue weighted by atomic mass is 79.9. The van der Waals surface area contributed by atoms with Crippen LogP contribution in [0.4, 0.5) is 0 Å². The van der Waals surface area contributed by atoms with Gasteiger partial charge in [-0.05, 0) is 34.1 Å². The summed E-state index contributed by atoms with van der Waals surface area (Å²) in [4.78, 5) is 0. The Bertz CT molecular complexity index is 479. The molecular formula is C11H8BrClN2O. The molecule has 0 bridgehead atoms. The number of ether oxygens (including phenoxy) is 1. The van der Waals surface area contributed by atoms with E-state index in [2.05, 4.69) is 26.1 Å². The summed E-state index contributed by atoms with van der Waals surface area (Å²) >= 11 is 9.32. The first-order chi connectivity index (χ1) is 7.77. The lowest BCUT2D eigenvalue weighted by molar-refractivity contribution is 0.303. The van der Waals surface area contributed by atoms with Crippen LogP contribution in [0.5, 0.6) is 5.75 Å². The standard InChI is InChI=1S/C11H8BrClN2O/c12-11-9(13)2-1-3-10(11)16-7-8-4-5-14-15-6-8/h1-6H,7H2. The third-order valence-electron chi connectivity index (χ3n) is 1.96. The largest absolute Gasteiger partial charge is 0.488 e. The molecule has 0 aliphatic rings. The molecule has 16 heavy (non-hydrogen) atoms. The zero-order chi connectivity index (χ0) is 11.4. The van der Waals surface area contributed by atoms with Gasteiger partial charge in [0.25, 0.3) is 0 Å². The molecule has 1 heterocycles. The number of halogens is 2. The Hall–Kier alpha value is -1.13. The number of aromatic nitrogens is 2. The van der Waals surface area contributed by atoms with E-state index in [9.17, 15) is 0 Å². The predicted octanol–water partition coefficient (Wildman–Crippen LogP) is 3.47. The summed E-state index contributed by atoms with van der Waals surface area (Å²) in [5, 5.41) is 8.10. The summed E-state index contributed by atoms with van der Waals surface area (Å²) in [7, 11) is 0. The van der Waals surface area contributed by atoms with E-state index in [1.165, 1.54) is 0 Å². The van der Waals surface area contributed by atoms with Crippen molar-refractivity contribution in [1.82, 2.24) is 10.2 Å². The summed E-state index contributed by atoms with van der Waals surface area (Å²) in [5.41, 5.74) is 0.960. The third kappa shape index (κ3) is 2.71. The van der Waals surface area contributed by atoms with Crippen molar-refractivity contribution in [3.8, 4) is 5.75 Å². The fraction of sp³-hybridized carbons (Fsp3) is 0.0909. The SMILES string of the molecule is Clc1cccc(OCc2ccnnc2)c1Br. The van der Waals surface area contributed by atoms with Gasteiger partial charge in [-0.2, -0.15) is 10.2 Å². The number of rotatable bonds is 3. The van der Waals surface area contributed by atoms with E-state index in [1.807, 2.05) is 18.2 Å².